The van der Waals surface area contributed by atoms with E-state index in [1.807, 2.05) is 23.9 Å². The van der Waals surface area contributed by atoms with E-state index in [-0.39, 0.29) is 5.91 Å². The van der Waals surface area contributed by atoms with Gasteiger partial charge in [-0.25, -0.2) is 4.98 Å². The first-order valence-electron chi connectivity index (χ1n) is 7.35. The second kappa shape index (κ2) is 7.64. The number of carbonyl (C=O) groups is 1. The van der Waals surface area contributed by atoms with E-state index in [1.165, 1.54) is 0 Å². The molecule has 118 valence electrons. The molecule has 0 fully saturated rings. The van der Waals surface area contributed by atoms with Gasteiger partial charge in [0.15, 0.2) is 0 Å². The van der Waals surface area contributed by atoms with Gasteiger partial charge in [0.25, 0.3) is 5.91 Å². The summed E-state index contributed by atoms with van der Waals surface area (Å²) in [7, 11) is 3.76. The average Bonchev–Trinajstić information content (AvgIpc) is 2.35. The van der Waals surface area contributed by atoms with Gasteiger partial charge in [-0.2, -0.15) is 0 Å². The smallest absolute Gasteiger partial charge is 0.254 e. The van der Waals surface area contributed by atoms with Gasteiger partial charge < -0.3 is 9.80 Å². The third-order valence-corrected chi connectivity index (χ3v) is 3.14. The van der Waals surface area contributed by atoms with Crippen LogP contribution >= 0.6 is 11.6 Å². The average molecular weight is 312 g/mol. The number of amides is 1. The summed E-state index contributed by atoms with van der Waals surface area (Å²) in [6.45, 7) is 9.95. The molecule has 1 heterocycles. The minimum Gasteiger partial charge on any atom is -0.363 e. The fourth-order valence-electron chi connectivity index (χ4n) is 2.14. The van der Waals surface area contributed by atoms with E-state index in [2.05, 4.69) is 32.7 Å². The predicted molar refractivity (Wildman–Crippen MR) is 89.2 cm³/mol. The third-order valence-electron chi connectivity index (χ3n) is 2.94. The van der Waals surface area contributed by atoms with Crippen LogP contribution in [0.25, 0.3) is 0 Å². The van der Waals surface area contributed by atoms with Gasteiger partial charge in [0.05, 0.1) is 0 Å². The molecule has 0 unspecified atom stereocenters. The molecule has 1 amide bonds. The van der Waals surface area contributed by atoms with Gasteiger partial charge >= 0.3 is 0 Å². The number of anilines is 1. The highest BCUT2D eigenvalue weighted by Crippen LogP contribution is 2.19. The number of hydrogen-bond donors (Lipinski definition) is 0. The van der Waals surface area contributed by atoms with E-state index in [1.54, 1.807) is 12.1 Å². The van der Waals surface area contributed by atoms with Crippen LogP contribution in [0.1, 0.15) is 38.1 Å². The van der Waals surface area contributed by atoms with E-state index < -0.39 is 0 Å². The summed E-state index contributed by atoms with van der Waals surface area (Å²) in [5.74, 6) is 1.57. The van der Waals surface area contributed by atoms with Crippen LogP contribution in [-0.2, 0) is 0 Å². The van der Waals surface area contributed by atoms with E-state index in [4.69, 9.17) is 11.6 Å². The first kappa shape index (κ1) is 17.8. The molecule has 0 aliphatic heterocycles. The number of nitrogens with zero attached hydrogens (tertiary/aromatic N) is 3. The Balaban J connectivity index is 3.07. The fourth-order valence-corrected chi connectivity index (χ4v) is 2.34. The highest BCUT2D eigenvalue weighted by molar-refractivity contribution is 6.29. The van der Waals surface area contributed by atoms with Gasteiger partial charge in [0.1, 0.15) is 11.0 Å². The summed E-state index contributed by atoms with van der Waals surface area (Å²) in [5, 5.41) is 0.346. The second-order valence-electron chi connectivity index (χ2n) is 6.43. The van der Waals surface area contributed by atoms with Crippen LogP contribution in [-0.4, -0.2) is 43.0 Å². The number of hydrogen-bond acceptors (Lipinski definition) is 3. The summed E-state index contributed by atoms with van der Waals surface area (Å²) < 4.78 is 0. The molecule has 0 aliphatic rings. The van der Waals surface area contributed by atoms with Gasteiger partial charge in [-0.15, -0.1) is 0 Å². The largest absolute Gasteiger partial charge is 0.363 e. The monoisotopic (exact) mass is 311 g/mol. The third kappa shape index (κ3) is 5.54. The van der Waals surface area contributed by atoms with E-state index >= 15 is 0 Å². The van der Waals surface area contributed by atoms with E-state index in [0.29, 0.717) is 28.4 Å². The highest BCUT2D eigenvalue weighted by Gasteiger charge is 2.19. The lowest BCUT2D eigenvalue weighted by atomic mass is 10.1. The van der Waals surface area contributed by atoms with Crippen LogP contribution in [0.15, 0.2) is 12.1 Å². The van der Waals surface area contributed by atoms with Gasteiger partial charge in [-0.05, 0) is 24.0 Å². The number of rotatable bonds is 6. The zero-order valence-electron chi connectivity index (χ0n) is 13.9. The molecule has 1 rings (SSSR count). The number of aromatic nitrogens is 1. The van der Waals surface area contributed by atoms with Crippen molar-refractivity contribution in [1.82, 2.24) is 9.88 Å². The molecule has 0 saturated heterocycles. The maximum atomic E-state index is 12.8. The van der Waals surface area contributed by atoms with Crippen molar-refractivity contribution in [2.75, 3.05) is 32.1 Å². The van der Waals surface area contributed by atoms with Crippen molar-refractivity contribution in [1.29, 1.82) is 0 Å². The Hall–Kier alpha value is -1.29. The van der Waals surface area contributed by atoms with E-state index in [0.717, 1.165) is 13.1 Å². The standard InChI is InChI=1S/C16H26ClN3O/c1-11(2)9-20(10-12(3)4)16(21)13-7-14(17)18-15(8-13)19(5)6/h7-8,11-12H,9-10H2,1-6H3. The Morgan fingerprint density at radius 1 is 1.14 bits per heavy atom. The molecule has 0 spiro atoms. The molecular formula is C16H26ClN3O. The summed E-state index contributed by atoms with van der Waals surface area (Å²) in [6.07, 6.45) is 0. The van der Waals surface area contributed by atoms with Crippen LogP contribution in [0.5, 0.6) is 0 Å². The zero-order chi connectivity index (χ0) is 16.2. The molecule has 1 aromatic heterocycles. The number of carbonyl (C=O) groups excluding carboxylic acids is 1. The van der Waals surface area contributed by atoms with Crippen LogP contribution in [0.3, 0.4) is 0 Å². The van der Waals surface area contributed by atoms with Crippen molar-refractivity contribution in [3.05, 3.63) is 22.8 Å². The molecule has 0 N–H and O–H groups in total. The van der Waals surface area contributed by atoms with E-state index in [9.17, 15) is 4.79 Å². The molecular weight excluding hydrogens is 286 g/mol. The molecule has 0 saturated carbocycles. The lowest BCUT2D eigenvalue weighted by Gasteiger charge is -2.27. The lowest BCUT2D eigenvalue weighted by Crippen LogP contribution is -2.37. The number of halogens is 1. The molecule has 1 aromatic rings. The molecule has 0 bridgehead atoms. The molecule has 0 atom stereocenters. The Labute approximate surface area is 133 Å². The minimum atomic E-state index is 0.0183. The van der Waals surface area contributed by atoms with Crippen molar-refractivity contribution in [3.63, 3.8) is 0 Å². The van der Waals surface area contributed by atoms with Crippen LogP contribution in [0, 0.1) is 11.8 Å². The van der Waals surface area contributed by atoms with Gasteiger partial charge in [0.2, 0.25) is 0 Å². The molecule has 0 aromatic carbocycles. The molecule has 5 heteroatoms. The first-order valence-corrected chi connectivity index (χ1v) is 7.72. The van der Waals surface area contributed by atoms with Crippen LogP contribution < -0.4 is 4.90 Å². The second-order valence-corrected chi connectivity index (χ2v) is 6.82. The fraction of sp³-hybridized carbons (Fsp3) is 0.625. The maximum Gasteiger partial charge on any atom is 0.254 e. The predicted octanol–water partition coefficient (Wildman–Crippen LogP) is 3.56. The van der Waals surface area contributed by atoms with Gasteiger partial charge in [-0.3, -0.25) is 4.79 Å². The Kier molecular flexibility index (Phi) is 6.46. The van der Waals surface area contributed by atoms with Crippen molar-refractivity contribution >= 4 is 23.3 Å². The molecule has 0 radical (unpaired) electrons. The van der Waals surface area contributed by atoms with Gasteiger partial charge in [0, 0.05) is 32.7 Å². The maximum absolute atomic E-state index is 12.8. The highest BCUT2D eigenvalue weighted by atomic mass is 35.5. The SMILES string of the molecule is CC(C)CN(CC(C)C)C(=O)c1cc(Cl)nc(N(C)C)c1. The molecule has 21 heavy (non-hydrogen) atoms. The summed E-state index contributed by atoms with van der Waals surface area (Å²) in [4.78, 5) is 20.7. The summed E-state index contributed by atoms with van der Waals surface area (Å²) >= 11 is 6.05. The Bertz CT molecular complexity index is 476. The normalized spacial score (nSPS) is 11.1. The van der Waals surface area contributed by atoms with Crippen molar-refractivity contribution in [2.24, 2.45) is 11.8 Å². The van der Waals surface area contributed by atoms with Crippen LogP contribution in [0.4, 0.5) is 5.82 Å². The Morgan fingerprint density at radius 2 is 1.67 bits per heavy atom. The number of pyridine rings is 1. The van der Waals surface area contributed by atoms with Crippen molar-refractivity contribution < 1.29 is 4.79 Å². The molecule has 4 nitrogen and oxygen atoms in total. The lowest BCUT2D eigenvalue weighted by molar-refractivity contribution is 0.0715. The quantitative estimate of drug-likeness (QED) is 0.754. The topological polar surface area (TPSA) is 36.4 Å². The summed E-state index contributed by atoms with van der Waals surface area (Å²) in [6, 6.07) is 3.44. The van der Waals surface area contributed by atoms with Crippen LogP contribution in [0.2, 0.25) is 5.15 Å². The summed E-state index contributed by atoms with van der Waals surface area (Å²) in [5.41, 5.74) is 0.597. The Morgan fingerprint density at radius 3 is 2.10 bits per heavy atom. The molecule has 0 aliphatic carbocycles. The first-order chi connectivity index (χ1) is 9.70. The van der Waals surface area contributed by atoms with Gasteiger partial charge in [-0.1, -0.05) is 39.3 Å². The zero-order valence-corrected chi connectivity index (χ0v) is 14.6. The van der Waals surface area contributed by atoms with Crippen molar-refractivity contribution in [2.45, 2.75) is 27.7 Å². The van der Waals surface area contributed by atoms with Crippen molar-refractivity contribution in [3.8, 4) is 0 Å². The minimum absolute atomic E-state index is 0.0183.